The van der Waals surface area contributed by atoms with Crippen LogP contribution in [0.3, 0.4) is 0 Å². The van der Waals surface area contributed by atoms with Crippen LogP contribution in [0, 0.1) is 17.8 Å². The van der Waals surface area contributed by atoms with Crippen molar-refractivity contribution in [3.8, 4) is 0 Å². The van der Waals surface area contributed by atoms with Gasteiger partial charge in [0.25, 0.3) is 0 Å². The Bertz CT molecular complexity index is 392. The highest BCUT2D eigenvalue weighted by Crippen LogP contribution is 2.35. The van der Waals surface area contributed by atoms with Gasteiger partial charge < -0.3 is 5.73 Å². The Morgan fingerprint density at radius 3 is 1.55 bits per heavy atom. The average Bonchev–Trinajstić information content (AvgIpc) is 2.31. The first-order valence-electron chi connectivity index (χ1n) is 8.01. The topological polar surface area (TPSA) is 26.0 Å². The van der Waals surface area contributed by atoms with Crippen molar-refractivity contribution in [3.05, 3.63) is 34.4 Å². The standard InChI is InChI=1S/C19H35N/c1-10-16(18(13(4)5)14(6)7)19(15(8)9)17(11-20)12(2)3/h12,14-15H,4,10-11,20H2,1-3,5-9H3/b18-16+,19-17+. The molecule has 0 aliphatic carbocycles. The van der Waals surface area contributed by atoms with Crippen molar-refractivity contribution in [2.45, 2.75) is 61.8 Å². The van der Waals surface area contributed by atoms with E-state index in [1.54, 1.807) is 0 Å². The third-order valence-electron chi connectivity index (χ3n) is 3.88. The number of nitrogens with two attached hydrogens (primary N) is 1. The van der Waals surface area contributed by atoms with E-state index in [9.17, 15) is 0 Å². The van der Waals surface area contributed by atoms with Gasteiger partial charge in [0.2, 0.25) is 0 Å². The fraction of sp³-hybridized carbons (Fsp3) is 0.684. The zero-order valence-corrected chi connectivity index (χ0v) is 14.9. The number of rotatable bonds is 7. The lowest BCUT2D eigenvalue weighted by Gasteiger charge is -2.27. The predicted octanol–water partition coefficient (Wildman–Crippen LogP) is 5.49. The molecule has 0 spiro atoms. The molecule has 1 heteroatoms. The van der Waals surface area contributed by atoms with Crippen molar-refractivity contribution in [3.63, 3.8) is 0 Å². The minimum Gasteiger partial charge on any atom is -0.327 e. The molecule has 0 rings (SSSR count). The average molecular weight is 277 g/mol. The Balaban J connectivity index is 6.40. The lowest BCUT2D eigenvalue weighted by molar-refractivity contribution is 0.666. The van der Waals surface area contributed by atoms with E-state index < -0.39 is 0 Å². The van der Waals surface area contributed by atoms with Crippen LogP contribution in [0.1, 0.15) is 61.8 Å². The molecule has 0 aliphatic rings. The van der Waals surface area contributed by atoms with Gasteiger partial charge in [-0.25, -0.2) is 0 Å². The van der Waals surface area contributed by atoms with Crippen LogP contribution in [0.4, 0.5) is 0 Å². The van der Waals surface area contributed by atoms with Crippen LogP contribution >= 0.6 is 0 Å². The molecule has 0 heterocycles. The van der Waals surface area contributed by atoms with E-state index in [0.717, 1.165) is 6.42 Å². The lowest BCUT2D eigenvalue weighted by atomic mass is 9.79. The van der Waals surface area contributed by atoms with Gasteiger partial charge in [0.15, 0.2) is 0 Å². The van der Waals surface area contributed by atoms with Gasteiger partial charge in [0, 0.05) is 6.54 Å². The highest BCUT2D eigenvalue weighted by atomic mass is 14.5. The van der Waals surface area contributed by atoms with Gasteiger partial charge in [-0.05, 0) is 47.8 Å². The van der Waals surface area contributed by atoms with E-state index in [1.807, 2.05) is 0 Å². The van der Waals surface area contributed by atoms with E-state index in [4.69, 9.17) is 5.73 Å². The first kappa shape index (κ1) is 19.2. The van der Waals surface area contributed by atoms with Gasteiger partial charge in [-0.3, -0.25) is 0 Å². The first-order chi connectivity index (χ1) is 9.18. The van der Waals surface area contributed by atoms with E-state index in [2.05, 4.69) is 62.0 Å². The van der Waals surface area contributed by atoms with Gasteiger partial charge in [0.1, 0.15) is 0 Å². The quantitative estimate of drug-likeness (QED) is 0.612. The number of hydrogen-bond acceptors (Lipinski definition) is 1. The Labute approximate surface area is 127 Å². The third kappa shape index (κ3) is 4.63. The SMILES string of the molecule is C=C(C)/C(=C(CC)\C(=C(/CN)C(C)C)C(C)C)C(C)C. The van der Waals surface area contributed by atoms with Crippen molar-refractivity contribution in [1.82, 2.24) is 0 Å². The van der Waals surface area contributed by atoms with Crippen LogP contribution < -0.4 is 5.73 Å². The molecule has 2 N–H and O–H groups in total. The molecule has 0 saturated heterocycles. The van der Waals surface area contributed by atoms with Gasteiger partial charge >= 0.3 is 0 Å². The molecular formula is C19H35N. The van der Waals surface area contributed by atoms with Crippen molar-refractivity contribution >= 4 is 0 Å². The van der Waals surface area contributed by atoms with E-state index >= 15 is 0 Å². The summed E-state index contributed by atoms with van der Waals surface area (Å²) in [5, 5.41) is 0. The summed E-state index contributed by atoms with van der Waals surface area (Å²) in [5.74, 6) is 1.50. The number of hydrogen-bond donors (Lipinski definition) is 1. The molecule has 0 atom stereocenters. The normalized spacial score (nSPS) is 14.8. The van der Waals surface area contributed by atoms with Gasteiger partial charge in [-0.15, -0.1) is 0 Å². The molecule has 0 aromatic rings. The molecule has 0 bridgehead atoms. The summed E-state index contributed by atoms with van der Waals surface area (Å²) in [7, 11) is 0. The van der Waals surface area contributed by atoms with E-state index in [0.29, 0.717) is 24.3 Å². The molecule has 0 saturated carbocycles. The number of allylic oxidation sites excluding steroid dienone is 4. The Morgan fingerprint density at radius 1 is 0.900 bits per heavy atom. The predicted molar refractivity (Wildman–Crippen MR) is 92.7 cm³/mol. The summed E-state index contributed by atoms with van der Waals surface area (Å²) < 4.78 is 0. The monoisotopic (exact) mass is 277 g/mol. The molecule has 0 aromatic heterocycles. The highest BCUT2D eigenvalue weighted by molar-refractivity contribution is 5.47. The molecular weight excluding hydrogens is 242 g/mol. The second-order valence-electron chi connectivity index (χ2n) is 6.63. The maximum absolute atomic E-state index is 6.05. The van der Waals surface area contributed by atoms with E-state index in [-0.39, 0.29) is 0 Å². The van der Waals surface area contributed by atoms with Gasteiger partial charge in [-0.1, -0.05) is 66.2 Å². The van der Waals surface area contributed by atoms with Crippen LogP contribution in [0.2, 0.25) is 0 Å². The smallest absolute Gasteiger partial charge is 0.0145 e. The molecule has 0 aromatic carbocycles. The maximum Gasteiger partial charge on any atom is 0.0145 e. The van der Waals surface area contributed by atoms with Crippen molar-refractivity contribution in [2.75, 3.05) is 6.54 Å². The minimum absolute atomic E-state index is 0.498. The molecule has 20 heavy (non-hydrogen) atoms. The van der Waals surface area contributed by atoms with Crippen LogP contribution in [-0.2, 0) is 0 Å². The molecule has 1 nitrogen and oxygen atoms in total. The summed E-state index contributed by atoms with van der Waals surface area (Å²) in [4.78, 5) is 0. The lowest BCUT2D eigenvalue weighted by Crippen LogP contribution is -2.17. The zero-order chi connectivity index (χ0) is 16.0. The Morgan fingerprint density at radius 2 is 1.35 bits per heavy atom. The summed E-state index contributed by atoms with van der Waals surface area (Å²) >= 11 is 0. The fourth-order valence-corrected chi connectivity index (χ4v) is 3.19. The highest BCUT2D eigenvalue weighted by Gasteiger charge is 2.20. The maximum atomic E-state index is 6.05. The summed E-state index contributed by atoms with van der Waals surface area (Å²) in [6, 6.07) is 0. The molecule has 0 aliphatic heterocycles. The minimum atomic E-state index is 0.498. The fourth-order valence-electron chi connectivity index (χ4n) is 3.19. The molecule has 0 fully saturated rings. The van der Waals surface area contributed by atoms with Crippen LogP contribution in [0.5, 0.6) is 0 Å². The summed E-state index contributed by atoms with van der Waals surface area (Å²) in [6.45, 7) is 22.8. The molecule has 0 amide bonds. The molecule has 116 valence electrons. The first-order valence-corrected chi connectivity index (χ1v) is 8.01. The van der Waals surface area contributed by atoms with E-state index in [1.165, 1.54) is 27.9 Å². The zero-order valence-electron chi connectivity index (χ0n) is 14.9. The molecule has 0 radical (unpaired) electrons. The van der Waals surface area contributed by atoms with Gasteiger partial charge in [-0.2, -0.15) is 0 Å². The largest absolute Gasteiger partial charge is 0.327 e. The van der Waals surface area contributed by atoms with Crippen molar-refractivity contribution < 1.29 is 0 Å². The summed E-state index contributed by atoms with van der Waals surface area (Å²) in [6.07, 6.45) is 1.05. The third-order valence-corrected chi connectivity index (χ3v) is 3.88. The molecule has 0 unspecified atom stereocenters. The van der Waals surface area contributed by atoms with Gasteiger partial charge in [0.05, 0.1) is 0 Å². The second kappa shape index (κ2) is 8.46. The van der Waals surface area contributed by atoms with Crippen LogP contribution in [0.25, 0.3) is 0 Å². The summed E-state index contributed by atoms with van der Waals surface area (Å²) in [5.41, 5.74) is 13.0. The Kier molecular flexibility index (Phi) is 8.12. The van der Waals surface area contributed by atoms with Crippen molar-refractivity contribution in [2.24, 2.45) is 23.5 Å². The van der Waals surface area contributed by atoms with Crippen LogP contribution in [0.15, 0.2) is 34.4 Å². The van der Waals surface area contributed by atoms with Crippen molar-refractivity contribution in [1.29, 1.82) is 0 Å². The Hall–Kier alpha value is -0.820. The second-order valence-corrected chi connectivity index (χ2v) is 6.63. The van der Waals surface area contributed by atoms with Crippen LogP contribution in [-0.4, -0.2) is 6.54 Å².